The van der Waals surface area contributed by atoms with Gasteiger partial charge in [0.05, 0.1) is 5.56 Å². The highest BCUT2D eigenvalue weighted by molar-refractivity contribution is 6.03. The smallest absolute Gasteiger partial charge is 0.335 e. The maximum atomic E-state index is 12.6. The third kappa shape index (κ3) is 5.31. The number of carbonyl (C=O) groups is 2. The molecule has 1 fully saturated rings. The van der Waals surface area contributed by atoms with Crippen LogP contribution in [-0.2, 0) is 0 Å². The highest BCUT2D eigenvalue weighted by atomic mass is 16.4. The number of carboxylic acid groups (broad SMARTS) is 1. The van der Waals surface area contributed by atoms with Crippen molar-refractivity contribution in [2.45, 2.75) is 47.0 Å². The summed E-state index contributed by atoms with van der Waals surface area (Å²) in [5.74, 6) is -0.436. The van der Waals surface area contributed by atoms with E-state index in [0.29, 0.717) is 16.9 Å². The summed E-state index contributed by atoms with van der Waals surface area (Å²) in [6, 6.07) is 8.52. The Morgan fingerprint density at radius 1 is 1.04 bits per heavy atom. The number of aromatic nitrogens is 1. The van der Waals surface area contributed by atoms with Gasteiger partial charge in [-0.1, -0.05) is 13.8 Å². The molecule has 1 amide bonds. The molecule has 28 heavy (non-hydrogen) atoms. The van der Waals surface area contributed by atoms with E-state index in [-0.39, 0.29) is 11.5 Å². The Morgan fingerprint density at radius 3 is 2.32 bits per heavy atom. The van der Waals surface area contributed by atoms with Gasteiger partial charge >= 0.3 is 5.97 Å². The fourth-order valence-corrected chi connectivity index (χ4v) is 3.23. The largest absolute Gasteiger partial charge is 0.478 e. The van der Waals surface area contributed by atoms with Crippen LogP contribution < -0.4 is 10.2 Å². The lowest BCUT2D eigenvalue weighted by molar-refractivity contribution is 0.0696. The highest BCUT2D eigenvalue weighted by Gasteiger charge is 2.16. The number of anilines is 2. The summed E-state index contributed by atoms with van der Waals surface area (Å²) in [7, 11) is 0. The second-order valence-corrected chi connectivity index (χ2v) is 6.72. The van der Waals surface area contributed by atoms with Crippen molar-refractivity contribution in [3.63, 3.8) is 0 Å². The topological polar surface area (TPSA) is 82.5 Å². The second kappa shape index (κ2) is 9.88. The minimum Gasteiger partial charge on any atom is -0.478 e. The van der Waals surface area contributed by atoms with Gasteiger partial charge in [0.2, 0.25) is 0 Å². The van der Waals surface area contributed by atoms with Gasteiger partial charge in [-0.15, -0.1) is 0 Å². The second-order valence-electron chi connectivity index (χ2n) is 6.72. The van der Waals surface area contributed by atoms with Crippen molar-refractivity contribution in [2.24, 2.45) is 0 Å². The van der Waals surface area contributed by atoms with Gasteiger partial charge in [0.15, 0.2) is 0 Å². The highest BCUT2D eigenvalue weighted by Crippen LogP contribution is 2.21. The van der Waals surface area contributed by atoms with Gasteiger partial charge in [-0.2, -0.15) is 0 Å². The summed E-state index contributed by atoms with van der Waals surface area (Å²) >= 11 is 0. The number of piperidine rings is 1. The first kappa shape index (κ1) is 21.4. The van der Waals surface area contributed by atoms with Crippen LogP contribution >= 0.6 is 0 Å². The van der Waals surface area contributed by atoms with Crippen LogP contribution in [0.5, 0.6) is 0 Å². The van der Waals surface area contributed by atoms with Crippen molar-refractivity contribution in [2.75, 3.05) is 23.3 Å². The summed E-state index contributed by atoms with van der Waals surface area (Å²) in [5, 5.41) is 11.9. The van der Waals surface area contributed by atoms with E-state index in [1.807, 2.05) is 26.8 Å². The Balaban J connectivity index is 0.00000136. The lowest BCUT2D eigenvalue weighted by Gasteiger charge is -2.28. The average molecular weight is 383 g/mol. The number of rotatable bonds is 4. The molecule has 2 aromatic rings. The Bertz CT molecular complexity index is 843. The first-order valence-electron chi connectivity index (χ1n) is 9.83. The molecule has 1 saturated heterocycles. The molecule has 0 radical (unpaired) electrons. The number of carboxylic acids is 1. The fourth-order valence-electron chi connectivity index (χ4n) is 3.23. The Kier molecular flexibility index (Phi) is 7.55. The molecule has 0 atom stereocenters. The number of benzene rings is 1. The van der Waals surface area contributed by atoms with E-state index in [9.17, 15) is 9.59 Å². The Morgan fingerprint density at radius 2 is 1.71 bits per heavy atom. The van der Waals surface area contributed by atoms with Crippen LogP contribution in [0.25, 0.3) is 0 Å². The number of carbonyl (C=O) groups excluding carboxylic acids is 1. The minimum absolute atomic E-state index is 0.226. The van der Waals surface area contributed by atoms with E-state index in [1.54, 1.807) is 25.1 Å². The van der Waals surface area contributed by atoms with Crippen LogP contribution in [0.3, 0.4) is 0 Å². The molecule has 0 bridgehead atoms. The number of aromatic carboxylic acids is 1. The van der Waals surface area contributed by atoms with Crippen LogP contribution in [-0.4, -0.2) is 35.1 Å². The normalized spacial score (nSPS) is 13.4. The maximum absolute atomic E-state index is 12.6. The first-order valence-corrected chi connectivity index (χ1v) is 9.83. The van der Waals surface area contributed by atoms with Crippen LogP contribution in [0.2, 0.25) is 0 Å². The van der Waals surface area contributed by atoms with E-state index in [1.165, 1.54) is 12.5 Å². The third-order valence-electron chi connectivity index (χ3n) is 4.58. The van der Waals surface area contributed by atoms with Crippen LogP contribution in [0, 0.1) is 13.8 Å². The molecule has 0 saturated carbocycles. The van der Waals surface area contributed by atoms with Crippen molar-refractivity contribution >= 4 is 23.4 Å². The molecule has 2 N–H and O–H groups in total. The van der Waals surface area contributed by atoms with Crippen molar-refractivity contribution in [1.82, 2.24) is 4.98 Å². The van der Waals surface area contributed by atoms with Gasteiger partial charge in [-0.3, -0.25) is 4.79 Å². The monoisotopic (exact) mass is 383 g/mol. The number of amides is 1. The van der Waals surface area contributed by atoms with Gasteiger partial charge in [-0.25, -0.2) is 9.78 Å². The lowest BCUT2D eigenvalue weighted by atomic mass is 10.1. The van der Waals surface area contributed by atoms with Gasteiger partial charge in [-0.05, 0) is 74.6 Å². The van der Waals surface area contributed by atoms with Crippen LogP contribution in [0.1, 0.15) is 65.1 Å². The van der Waals surface area contributed by atoms with E-state index >= 15 is 0 Å². The molecule has 1 aromatic heterocycles. The zero-order valence-corrected chi connectivity index (χ0v) is 17.1. The molecule has 0 aliphatic carbocycles. The summed E-state index contributed by atoms with van der Waals surface area (Å²) in [6.07, 6.45) is 3.53. The Hall–Kier alpha value is -2.89. The molecule has 0 unspecified atom stereocenters. The predicted octanol–water partition coefficient (Wildman–Crippen LogP) is 4.67. The predicted molar refractivity (Wildman–Crippen MR) is 112 cm³/mol. The van der Waals surface area contributed by atoms with Crippen molar-refractivity contribution in [3.05, 3.63) is 52.7 Å². The molecule has 3 rings (SSSR count). The summed E-state index contributed by atoms with van der Waals surface area (Å²) < 4.78 is 0. The Labute approximate surface area is 166 Å². The number of hydrogen-bond acceptors (Lipinski definition) is 4. The van der Waals surface area contributed by atoms with E-state index in [2.05, 4.69) is 15.2 Å². The van der Waals surface area contributed by atoms with Gasteiger partial charge in [0.25, 0.3) is 5.91 Å². The SMILES string of the molecule is CC.Cc1cc(C(=O)Nc2ccc(C(=O)O)c(C)c2)nc(N2CCCCC2)c1. The average Bonchev–Trinajstić information content (AvgIpc) is 2.69. The molecule has 150 valence electrons. The molecule has 1 aromatic carbocycles. The number of hydrogen-bond donors (Lipinski definition) is 2. The number of pyridine rings is 1. The van der Waals surface area contributed by atoms with Crippen LogP contribution in [0.4, 0.5) is 11.5 Å². The standard InChI is InChI=1S/C20H23N3O3.C2H6/c1-13-10-17(22-18(11-13)23-8-4-3-5-9-23)19(24)21-15-6-7-16(20(25)26)14(2)12-15;1-2/h6-7,10-12H,3-5,8-9H2,1-2H3,(H,21,24)(H,25,26);1-2H3. The quantitative estimate of drug-likeness (QED) is 0.802. The summed E-state index contributed by atoms with van der Waals surface area (Å²) in [6.45, 7) is 9.59. The van der Waals surface area contributed by atoms with Gasteiger partial charge < -0.3 is 15.3 Å². The van der Waals surface area contributed by atoms with Gasteiger partial charge in [0.1, 0.15) is 11.5 Å². The van der Waals surface area contributed by atoms with Crippen LogP contribution in [0.15, 0.2) is 30.3 Å². The van der Waals surface area contributed by atoms with E-state index in [4.69, 9.17) is 5.11 Å². The first-order chi connectivity index (χ1) is 13.4. The summed E-state index contributed by atoms with van der Waals surface area (Å²) in [5.41, 5.74) is 2.74. The molecule has 2 heterocycles. The van der Waals surface area contributed by atoms with Gasteiger partial charge in [0, 0.05) is 18.8 Å². The van der Waals surface area contributed by atoms with E-state index in [0.717, 1.165) is 37.3 Å². The fraction of sp³-hybridized carbons (Fsp3) is 0.409. The van der Waals surface area contributed by atoms with Crippen molar-refractivity contribution in [1.29, 1.82) is 0 Å². The molecule has 0 spiro atoms. The molecule has 1 aliphatic rings. The number of nitrogens with one attached hydrogen (secondary N) is 1. The molecular formula is C22H29N3O3. The zero-order valence-electron chi connectivity index (χ0n) is 17.1. The zero-order chi connectivity index (χ0) is 20.7. The number of aryl methyl sites for hydroxylation is 2. The van der Waals surface area contributed by atoms with Crippen molar-refractivity contribution < 1.29 is 14.7 Å². The molecular weight excluding hydrogens is 354 g/mol. The number of nitrogens with zero attached hydrogens (tertiary/aromatic N) is 2. The summed E-state index contributed by atoms with van der Waals surface area (Å²) in [4.78, 5) is 30.5. The van der Waals surface area contributed by atoms with Crippen molar-refractivity contribution in [3.8, 4) is 0 Å². The van der Waals surface area contributed by atoms with E-state index < -0.39 is 5.97 Å². The molecule has 6 heteroatoms. The molecule has 1 aliphatic heterocycles. The lowest BCUT2D eigenvalue weighted by Crippen LogP contribution is -2.30. The maximum Gasteiger partial charge on any atom is 0.335 e. The third-order valence-corrected chi connectivity index (χ3v) is 4.58. The molecule has 6 nitrogen and oxygen atoms in total. The minimum atomic E-state index is -0.980.